The highest BCUT2D eigenvalue weighted by Gasteiger charge is 2.33. The van der Waals surface area contributed by atoms with E-state index in [0.29, 0.717) is 33.3 Å². The van der Waals surface area contributed by atoms with Gasteiger partial charge in [-0.2, -0.15) is 13.2 Å². The number of rotatable bonds is 3. The van der Waals surface area contributed by atoms with Crippen LogP contribution < -0.4 is 19.9 Å². The zero-order chi connectivity index (χ0) is 23.9. The van der Waals surface area contributed by atoms with Gasteiger partial charge in [0.1, 0.15) is 0 Å². The van der Waals surface area contributed by atoms with Gasteiger partial charge in [-0.15, -0.1) is 0 Å². The van der Waals surface area contributed by atoms with Crippen molar-refractivity contribution < 1.29 is 22.7 Å². The fraction of sp³-hybridized carbons (Fsp3) is 0.240. The quantitative estimate of drug-likeness (QED) is 0.513. The molecule has 0 aliphatic carbocycles. The zero-order valence-corrected chi connectivity index (χ0v) is 18.8. The number of piperazine rings is 1. The van der Waals surface area contributed by atoms with Crippen molar-refractivity contribution in [1.29, 1.82) is 0 Å². The van der Waals surface area contributed by atoms with Crippen molar-refractivity contribution in [2.45, 2.75) is 12.7 Å². The molecule has 2 aliphatic rings. The molecule has 1 amide bonds. The maximum absolute atomic E-state index is 13.8. The molecule has 1 fully saturated rings. The van der Waals surface area contributed by atoms with E-state index in [1.807, 2.05) is 6.07 Å². The standard InChI is InChI=1S/C25H21ClF3N3O2/c26-18-7-8-22-21(14-18)32(15-16-3-1-4-17(13-16)25(27,28)29)24(33)19-5-2-6-20(23(19)34-22)31-11-9-30-10-12-31/h1-8,13-14,30H,9-12,15H2. The van der Waals surface area contributed by atoms with Crippen LogP contribution in [0.3, 0.4) is 0 Å². The summed E-state index contributed by atoms with van der Waals surface area (Å²) in [5, 5.41) is 3.69. The molecule has 9 heteroatoms. The van der Waals surface area contributed by atoms with E-state index in [1.165, 1.54) is 11.0 Å². The van der Waals surface area contributed by atoms with Crippen LogP contribution in [0.15, 0.2) is 60.7 Å². The second-order valence-electron chi connectivity index (χ2n) is 8.19. The third-order valence-corrected chi connectivity index (χ3v) is 6.18. The summed E-state index contributed by atoms with van der Waals surface area (Å²) in [5.74, 6) is 0.473. The van der Waals surface area contributed by atoms with Crippen molar-refractivity contribution in [3.8, 4) is 11.5 Å². The van der Waals surface area contributed by atoms with Gasteiger partial charge in [-0.1, -0.05) is 29.8 Å². The van der Waals surface area contributed by atoms with Gasteiger partial charge in [0.2, 0.25) is 0 Å². The summed E-state index contributed by atoms with van der Waals surface area (Å²) in [6.07, 6.45) is -4.48. The molecule has 3 aromatic carbocycles. The summed E-state index contributed by atoms with van der Waals surface area (Å²) in [7, 11) is 0. The second-order valence-corrected chi connectivity index (χ2v) is 8.63. The summed E-state index contributed by atoms with van der Waals surface area (Å²) < 4.78 is 46.1. The number of alkyl halides is 3. The molecule has 5 rings (SSSR count). The maximum atomic E-state index is 13.8. The molecule has 0 spiro atoms. The number of hydrogen-bond donors (Lipinski definition) is 1. The molecule has 1 N–H and O–H groups in total. The number of nitrogens with zero attached hydrogens (tertiary/aromatic N) is 2. The first-order valence-corrected chi connectivity index (χ1v) is 11.2. The number of nitrogens with one attached hydrogen (secondary N) is 1. The molecule has 3 aromatic rings. The van der Waals surface area contributed by atoms with Crippen molar-refractivity contribution in [3.05, 3.63) is 82.4 Å². The van der Waals surface area contributed by atoms with Crippen LogP contribution in [0.1, 0.15) is 21.5 Å². The molecule has 2 heterocycles. The third-order valence-electron chi connectivity index (χ3n) is 5.95. The molecule has 176 valence electrons. The summed E-state index contributed by atoms with van der Waals surface area (Å²) in [6, 6.07) is 15.3. The van der Waals surface area contributed by atoms with Crippen LogP contribution in [0.4, 0.5) is 24.5 Å². The monoisotopic (exact) mass is 487 g/mol. The van der Waals surface area contributed by atoms with Crippen LogP contribution in [-0.2, 0) is 12.7 Å². The molecule has 0 bridgehead atoms. The molecule has 1 saturated heterocycles. The predicted molar refractivity (Wildman–Crippen MR) is 125 cm³/mol. The Hall–Kier alpha value is -3.23. The molecule has 34 heavy (non-hydrogen) atoms. The Morgan fingerprint density at radius 2 is 1.74 bits per heavy atom. The Labute approximate surface area is 199 Å². The number of para-hydroxylation sites is 1. The van der Waals surface area contributed by atoms with Gasteiger partial charge in [-0.05, 0) is 48.0 Å². The lowest BCUT2D eigenvalue weighted by molar-refractivity contribution is -0.137. The third kappa shape index (κ3) is 4.31. The number of amides is 1. The maximum Gasteiger partial charge on any atom is 0.416 e. The number of ether oxygens (including phenoxy) is 1. The fourth-order valence-electron chi connectivity index (χ4n) is 4.29. The average Bonchev–Trinajstić information content (AvgIpc) is 2.94. The van der Waals surface area contributed by atoms with Crippen molar-refractivity contribution >= 4 is 28.9 Å². The zero-order valence-electron chi connectivity index (χ0n) is 18.0. The molecular formula is C25H21ClF3N3O2. The minimum absolute atomic E-state index is 0.0727. The summed E-state index contributed by atoms with van der Waals surface area (Å²) in [4.78, 5) is 17.4. The normalized spacial score (nSPS) is 15.9. The first-order valence-electron chi connectivity index (χ1n) is 10.9. The van der Waals surface area contributed by atoms with E-state index >= 15 is 0 Å². The summed E-state index contributed by atoms with van der Waals surface area (Å²) >= 11 is 6.24. The number of hydrogen-bond acceptors (Lipinski definition) is 4. The van der Waals surface area contributed by atoms with Crippen molar-refractivity contribution in [2.75, 3.05) is 36.0 Å². The van der Waals surface area contributed by atoms with E-state index in [9.17, 15) is 18.0 Å². The van der Waals surface area contributed by atoms with E-state index in [2.05, 4.69) is 10.2 Å². The van der Waals surface area contributed by atoms with Gasteiger partial charge in [0.05, 0.1) is 29.0 Å². The first kappa shape index (κ1) is 22.6. The lowest BCUT2D eigenvalue weighted by Gasteiger charge is -2.31. The topological polar surface area (TPSA) is 44.8 Å². The number of anilines is 2. The van der Waals surface area contributed by atoms with Crippen molar-refractivity contribution in [2.24, 2.45) is 0 Å². The predicted octanol–water partition coefficient (Wildman–Crippen LogP) is 5.72. The smallest absolute Gasteiger partial charge is 0.416 e. The Kier molecular flexibility index (Phi) is 5.87. The lowest BCUT2D eigenvalue weighted by Crippen LogP contribution is -2.43. The van der Waals surface area contributed by atoms with E-state index < -0.39 is 11.7 Å². The van der Waals surface area contributed by atoms with E-state index in [0.717, 1.165) is 44.0 Å². The minimum atomic E-state index is -4.48. The van der Waals surface area contributed by atoms with Crippen LogP contribution >= 0.6 is 11.6 Å². The van der Waals surface area contributed by atoms with Crippen molar-refractivity contribution in [1.82, 2.24) is 5.32 Å². The van der Waals surface area contributed by atoms with Crippen LogP contribution in [0.25, 0.3) is 0 Å². The van der Waals surface area contributed by atoms with Gasteiger partial charge in [0, 0.05) is 31.2 Å². The Morgan fingerprint density at radius 1 is 0.971 bits per heavy atom. The number of benzene rings is 3. The molecule has 0 radical (unpaired) electrons. The van der Waals surface area contributed by atoms with Gasteiger partial charge < -0.3 is 19.9 Å². The number of halogens is 4. The first-order chi connectivity index (χ1) is 16.3. The fourth-order valence-corrected chi connectivity index (χ4v) is 4.46. The Balaban J connectivity index is 1.60. The van der Waals surface area contributed by atoms with Crippen LogP contribution in [-0.4, -0.2) is 32.1 Å². The molecule has 2 aliphatic heterocycles. The van der Waals surface area contributed by atoms with E-state index in [1.54, 1.807) is 36.4 Å². The van der Waals surface area contributed by atoms with Gasteiger partial charge in [-0.25, -0.2) is 0 Å². The average molecular weight is 488 g/mol. The summed E-state index contributed by atoms with van der Waals surface area (Å²) in [5.41, 5.74) is 1.12. The lowest BCUT2D eigenvalue weighted by atomic mass is 10.1. The molecule has 0 atom stereocenters. The van der Waals surface area contributed by atoms with Gasteiger partial charge in [-0.3, -0.25) is 4.79 Å². The minimum Gasteiger partial charge on any atom is -0.452 e. The van der Waals surface area contributed by atoms with Crippen LogP contribution in [0.2, 0.25) is 5.02 Å². The second kappa shape index (κ2) is 8.85. The summed E-state index contributed by atoms with van der Waals surface area (Å²) in [6.45, 7) is 3.07. The van der Waals surface area contributed by atoms with Gasteiger partial charge >= 0.3 is 6.18 Å². The highest BCUT2D eigenvalue weighted by atomic mass is 35.5. The number of fused-ring (bicyclic) bond motifs is 2. The van der Waals surface area contributed by atoms with Crippen LogP contribution in [0, 0.1) is 0 Å². The Bertz CT molecular complexity index is 1240. The van der Waals surface area contributed by atoms with Crippen LogP contribution in [0.5, 0.6) is 11.5 Å². The molecule has 0 saturated carbocycles. The molecule has 5 nitrogen and oxygen atoms in total. The largest absolute Gasteiger partial charge is 0.452 e. The molecule has 0 aromatic heterocycles. The van der Waals surface area contributed by atoms with E-state index in [4.69, 9.17) is 16.3 Å². The molecule has 0 unspecified atom stereocenters. The van der Waals surface area contributed by atoms with Gasteiger partial charge in [0.25, 0.3) is 5.91 Å². The molecular weight excluding hydrogens is 467 g/mol. The van der Waals surface area contributed by atoms with Gasteiger partial charge in [0.15, 0.2) is 11.5 Å². The SMILES string of the molecule is O=C1c2cccc(N3CCNCC3)c2Oc2ccc(Cl)cc2N1Cc1cccc(C(F)(F)F)c1. The van der Waals surface area contributed by atoms with E-state index in [-0.39, 0.29) is 12.5 Å². The number of carbonyl (C=O) groups is 1. The Morgan fingerprint density at radius 3 is 2.50 bits per heavy atom. The highest BCUT2D eigenvalue weighted by molar-refractivity contribution is 6.31. The van der Waals surface area contributed by atoms with Crippen molar-refractivity contribution in [3.63, 3.8) is 0 Å². The number of carbonyl (C=O) groups excluding carboxylic acids is 1. The highest BCUT2D eigenvalue weighted by Crippen LogP contribution is 2.45.